The van der Waals surface area contributed by atoms with Crippen LogP contribution < -0.4 is 5.73 Å². The summed E-state index contributed by atoms with van der Waals surface area (Å²) in [5, 5.41) is 0. The summed E-state index contributed by atoms with van der Waals surface area (Å²) in [6.45, 7) is 2.17. The third-order valence-corrected chi connectivity index (χ3v) is 3.07. The molecule has 1 unspecified atom stereocenters. The quantitative estimate of drug-likeness (QED) is 0.801. The van der Waals surface area contributed by atoms with E-state index in [9.17, 15) is 4.39 Å². The van der Waals surface area contributed by atoms with Gasteiger partial charge in [-0.25, -0.2) is 4.39 Å². The van der Waals surface area contributed by atoms with Crippen molar-refractivity contribution in [2.24, 2.45) is 17.6 Å². The van der Waals surface area contributed by atoms with Crippen molar-refractivity contribution in [2.45, 2.75) is 25.8 Å². The van der Waals surface area contributed by atoms with Gasteiger partial charge in [0, 0.05) is 12.2 Å². The molecule has 76 valence electrons. The summed E-state index contributed by atoms with van der Waals surface area (Å²) < 4.78 is 12.9. The van der Waals surface area contributed by atoms with Gasteiger partial charge < -0.3 is 5.73 Å². The Morgan fingerprint density at radius 2 is 2.43 bits per heavy atom. The third-order valence-electron chi connectivity index (χ3n) is 3.07. The van der Waals surface area contributed by atoms with Crippen LogP contribution in [0.5, 0.6) is 0 Å². The first kappa shape index (κ1) is 9.59. The van der Waals surface area contributed by atoms with Gasteiger partial charge >= 0.3 is 0 Å². The zero-order valence-electron chi connectivity index (χ0n) is 8.28. The summed E-state index contributed by atoms with van der Waals surface area (Å²) in [7, 11) is 0. The van der Waals surface area contributed by atoms with Crippen LogP contribution >= 0.6 is 0 Å². The monoisotopic (exact) mass is 194 g/mol. The molecule has 1 aromatic rings. The van der Waals surface area contributed by atoms with Crippen LogP contribution in [0.4, 0.5) is 4.39 Å². The van der Waals surface area contributed by atoms with Crippen LogP contribution in [0.25, 0.3) is 0 Å². The van der Waals surface area contributed by atoms with E-state index in [0.717, 1.165) is 11.5 Å². The van der Waals surface area contributed by atoms with Crippen molar-refractivity contribution in [1.82, 2.24) is 4.98 Å². The minimum absolute atomic E-state index is 0.0388. The average molecular weight is 194 g/mol. The Hall–Kier alpha value is -0.960. The predicted molar refractivity (Wildman–Crippen MR) is 53.0 cm³/mol. The second-order valence-electron chi connectivity index (χ2n) is 4.03. The summed E-state index contributed by atoms with van der Waals surface area (Å²) in [5.74, 6) is 0.962. The second-order valence-corrected chi connectivity index (χ2v) is 4.03. The molecule has 0 bridgehead atoms. The third kappa shape index (κ3) is 1.77. The second kappa shape index (κ2) is 3.65. The van der Waals surface area contributed by atoms with Gasteiger partial charge in [0.25, 0.3) is 0 Å². The van der Waals surface area contributed by atoms with Crippen molar-refractivity contribution in [3.8, 4) is 0 Å². The van der Waals surface area contributed by atoms with Crippen molar-refractivity contribution in [3.05, 3.63) is 29.8 Å². The van der Waals surface area contributed by atoms with Gasteiger partial charge in [-0.2, -0.15) is 0 Å². The van der Waals surface area contributed by atoms with Gasteiger partial charge in [0.1, 0.15) is 5.82 Å². The summed E-state index contributed by atoms with van der Waals surface area (Å²) in [6, 6.07) is 1.45. The maximum absolute atomic E-state index is 12.9. The fourth-order valence-corrected chi connectivity index (χ4v) is 2.04. The highest BCUT2D eigenvalue weighted by molar-refractivity contribution is 5.18. The molecule has 2 nitrogen and oxygen atoms in total. The molecule has 1 aliphatic carbocycles. The highest BCUT2D eigenvalue weighted by Crippen LogP contribution is 2.47. The Bertz CT molecular complexity index is 327. The van der Waals surface area contributed by atoms with Gasteiger partial charge in [-0.05, 0) is 29.9 Å². The molecule has 1 heterocycles. The van der Waals surface area contributed by atoms with E-state index in [1.165, 1.54) is 25.1 Å². The molecular formula is C11H15FN2. The number of pyridine rings is 1. The first-order chi connectivity index (χ1) is 6.72. The van der Waals surface area contributed by atoms with Gasteiger partial charge in [0.15, 0.2) is 0 Å². The van der Waals surface area contributed by atoms with Gasteiger partial charge in [0.2, 0.25) is 0 Å². The summed E-state index contributed by atoms with van der Waals surface area (Å²) in [6.07, 6.45) is 5.22. The molecule has 1 aromatic heterocycles. The minimum Gasteiger partial charge on any atom is -0.324 e. The lowest BCUT2D eigenvalue weighted by Crippen LogP contribution is -2.14. The fourth-order valence-electron chi connectivity index (χ4n) is 2.04. The summed E-state index contributed by atoms with van der Waals surface area (Å²) >= 11 is 0. The van der Waals surface area contributed by atoms with Crippen LogP contribution in [-0.4, -0.2) is 4.98 Å². The zero-order valence-corrected chi connectivity index (χ0v) is 8.28. The van der Waals surface area contributed by atoms with E-state index in [2.05, 4.69) is 11.9 Å². The van der Waals surface area contributed by atoms with Crippen LogP contribution in [0, 0.1) is 17.7 Å². The zero-order chi connectivity index (χ0) is 10.1. The van der Waals surface area contributed by atoms with E-state index in [1.807, 2.05) is 0 Å². The largest absolute Gasteiger partial charge is 0.324 e. The molecule has 3 heteroatoms. The smallest absolute Gasteiger partial charge is 0.141 e. The number of rotatable bonds is 3. The van der Waals surface area contributed by atoms with Crippen LogP contribution in [0.1, 0.15) is 31.4 Å². The Morgan fingerprint density at radius 3 is 3.00 bits per heavy atom. The molecule has 3 atom stereocenters. The molecule has 2 N–H and O–H groups in total. The highest BCUT2D eigenvalue weighted by Gasteiger charge is 2.40. The number of aromatic nitrogens is 1. The maximum atomic E-state index is 12.9. The first-order valence-corrected chi connectivity index (χ1v) is 5.08. The molecule has 14 heavy (non-hydrogen) atoms. The Kier molecular flexibility index (Phi) is 2.50. The fraction of sp³-hybridized carbons (Fsp3) is 0.545. The maximum Gasteiger partial charge on any atom is 0.141 e. The Labute approximate surface area is 83.3 Å². The van der Waals surface area contributed by atoms with Gasteiger partial charge in [0.05, 0.1) is 6.20 Å². The number of nitrogens with two attached hydrogens (primary N) is 1. The van der Waals surface area contributed by atoms with E-state index < -0.39 is 0 Å². The number of hydrogen-bond donors (Lipinski definition) is 1. The topological polar surface area (TPSA) is 38.9 Å². The number of halogens is 1. The van der Waals surface area contributed by atoms with Crippen molar-refractivity contribution in [3.63, 3.8) is 0 Å². The van der Waals surface area contributed by atoms with Crippen molar-refractivity contribution in [2.75, 3.05) is 0 Å². The number of hydrogen-bond acceptors (Lipinski definition) is 2. The molecular weight excluding hydrogens is 179 g/mol. The molecule has 0 amide bonds. The Morgan fingerprint density at radius 1 is 1.64 bits per heavy atom. The van der Waals surface area contributed by atoms with Crippen molar-refractivity contribution < 1.29 is 4.39 Å². The van der Waals surface area contributed by atoms with Crippen LogP contribution in [0.15, 0.2) is 18.5 Å². The predicted octanol–water partition coefficient (Wildman–Crippen LogP) is 2.27. The van der Waals surface area contributed by atoms with Crippen LogP contribution in [0.2, 0.25) is 0 Å². The van der Waals surface area contributed by atoms with Crippen molar-refractivity contribution >= 4 is 0 Å². The van der Waals surface area contributed by atoms with E-state index in [1.54, 1.807) is 6.20 Å². The molecule has 0 spiro atoms. The Balaban J connectivity index is 2.08. The van der Waals surface area contributed by atoms with Crippen molar-refractivity contribution in [1.29, 1.82) is 0 Å². The SMILES string of the molecule is CC[C@@H]1C[C@H]1C(N)c1cncc(F)c1. The van der Waals surface area contributed by atoms with E-state index >= 15 is 0 Å². The lowest BCUT2D eigenvalue weighted by atomic mass is 10.0. The first-order valence-electron chi connectivity index (χ1n) is 5.08. The van der Waals surface area contributed by atoms with Crippen LogP contribution in [0.3, 0.4) is 0 Å². The van der Waals surface area contributed by atoms with Gasteiger partial charge in [-0.3, -0.25) is 4.98 Å². The van der Waals surface area contributed by atoms with E-state index in [0.29, 0.717) is 5.92 Å². The molecule has 2 rings (SSSR count). The molecule has 0 saturated heterocycles. The molecule has 1 aliphatic rings. The highest BCUT2D eigenvalue weighted by atomic mass is 19.1. The molecule has 0 aliphatic heterocycles. The summed E-state index contributed by atoms with van der Waals surface area (Å²) in [5.41, 5.74) is 6.85. The van der Waals surface area contributed by atoms with Gasteiger partial charge in [-0.15, -0.1) is 0 Å². The number of nitrogens with zero attached hydrogens (tertiary/aromatic N) is 1. The standard InChI is InChI=1S/C11H15FN2/c1-2-7-4-10(7)11(13)8-3-9(12)6-14-5-8/h3,5-7,10-11H,2,4,13H2,1H3/t7-,10-,11?/m1/s1. The van der Waals surface area contributed by atoms with E-state index in [-0.39, 0.29) is 11.9 Å². The summed E-state index contributed by atoms with van der Waals surface area (Å²) in [4.78, 5) is 3.81. The molecule has 1 saturated carbocycles. The molecule has 0 radical (unpaired) electrons. The average Bonchev–Trinajstić information content (AvgIpc) is 2.95. The van der Waals surface area contributed by atoms with E-state index in [4.69, 9.17) is 5.73 Å². The normalized spacial score (nSPS) is 27.4. The molecule has 1 fully saturated rings. The molecule has 0 aromatic carbocycles. The lowest BCUT2D eigenvalue weighted by Gasteiger charge is -2.10. The lowest BCUT2D eigenvalue weighted by molar-refractivity contribution is 0.555. The van der Waals surface area contributed by atoms with Crippen LogP contribution in [-0.2, 0) is 0 Å². The minimum atomic E-state index is -0.299. The van der Waals surface area contributed by atoms with Gasteiger partial charge in [-0.1, -0.05) is 13.3 Å².